The molecule has 1 aromatic rings. The molecule has 7 heteroatoms. The number of fused-ring (bicyclic) bond motifs is 1. The first-order chi connectivity index (χ1) is 12.8. The fourth-order valence-electron chi connectivity index (χ4n) is 3.81. The van der Waals surface area contributed by atoms with Crippen LogP contribution >= 0.6 is 0 Å². The van der Waals surface area contributed by atoms with Crippen LogP contribution in [0.25, 0.3) is 0 Å². The van der Waals surface area contributed by atoms with Crippen molar-refractivity contribution in [2.75, 3.05) is 19.6 Å². The van der Waals surface area contributed by atoms with Crippen LogP contribution in [0, 0.1) is 11.7 Å². The second-order valence-electron chi connectivity index (χ2n) is 7.47. The fraction of sp³-hybridized carbons (Fsp3) is 0.550. The predicted molar refractivity (Wildman–Crippen MR) is 98.2 cm³/mol. The van der Waals surface area contributed by atoms with Gasteiger partial charge in [0.15, 0.2) is 0 Å². The Kier molecular flexibility index (Phi) is 5.48. The quantitative estimate of drug-likeness (QED) is 0.810. The summed E-state index contributed by atoms with van der Waals surface area (Å²) in [7, 11) is 0. The van der Waals surface area contributed by atoms with E-state index in [0.717, 1.165) is 6.42 Å². The Balaban J connectivity index is 1.88. The number of benzene rings is 1. The van der Waals surface area contributed by atoms with Crippen LogP contribution in [0.4, 0.5) is 4.39 Å². The molecule has 0 bridgehead atoms. The number of rotatable bonds is 4. The Labute approximate surface area is 158 Å². The van der Waals surface area contributed by atoms with E-state index in [9.17, 15) is 18.8 Å². The zero-order valence-corrected chi connectivity index (χ0v) is 16.0. The minimum Gasteiger partial charge on any atom is -0.337 e. The summed E-state index contributed by atoms with van der Waals surface area (Å²) < 4.78 is 13.2. The van der Waals surface area contributed by atoms with Crippen molar-refractivity contribution in [2.24, 2.45) is 5.92 Å². The second kappa shape index (κ2) is 7.66. The molecule has 3 rings (SSSR count). The maximum Gasteiger partial charge on any atom is 0.255 e. The molecule has 1 aromatic carbocycles. The van der Waals surface area contributed by atoms with Gasteiger partial charge in [0, 0.05) is 25.1 Å². The van der Waals surface area contributed by atoms with E-state index in [0.29, 0.717) is 31.1 Å². The molecule has 6 nitrogen and oxygen atoms in total. The van der Waals surface area contributed by atoms with E-state index in [1.807, 2.05) is 0 Å². The summed E-state index contributed by atoms with van der Waals surface area (Å²) in [5.41, 5.74) is 0.378. The number of amides is 3. The van der Waals surface area contributed by atoms with Gasteiger partial charge in [0.1, 0.15) is 18.0 Å². The standard InChI is InChI=1S/C20H26FN3O3/c1-4-13(2)11-22-12-17-23(20(27)15-5-7-16(21)8-6-15)10-9-18(25)24(17)14(3)19(22)26/h5-8,13-14,17H,4,9-12H2,1-3H3. The Morgan fingerprint density at radius 2 is 1.93 bits per heavy atom. The minimum absolute atomic E-state index is 0.0732. The van der Waals surface area contributed by atoms with Crippen LogP contribution in [-0.2, 0) is 9.59 Å². The third kappa shape index (κ3) is 3.68. The lowest BCUT2D eigenvalue weighted by atomic mass is 10.0. The first-order valence-electron chi connectivity index (χ1n) is 9.50. The topological polar surface area (TPSA) is 60.9 Å². The summed E-state index contributed by atoms with van der Waals surface area (Å²) in [5.74, 6) is -0.488. The lowest BCUT2D eigenvalue weighted by molar-refractivity contribution is -0.166. The highest BCUT2D eigenvalue weighted by atomic mass is 19.1. The lowest BCUT2D eigenvalue weighted by Crippen LogP contribution is -2.70. The average Bonchev–Trinajstić information content (AvgIpc) is 2.65. The highest BCUT2D eigenvalue weighted by Crippen LogP contribution is 2.27. The maximum absolute atomic E-state index is 13.2. The van der Waals surface area contributed by atoms with Gasteiger partial charge in [-0.05, 0) is 37.1 Å². The van der Waals surface area contributed by atoms with Gasteiger partial charge in [-0.15, -0.1) is 0 Å². The molecule has 0 spiro atoms. The predicted octanol–water partition coefficient (Wildman–Crippen LogP) is 2.10. The van der Waals surface area contributed by atoms with Crippen LogP contribution in [0.3, 0.4) is 0 Å². The van der Waals surface area contributed by atoms with Crippen LogP contribution in [0.1, 0.15) is 44.0 Å². The van der Waals surface area contributed by atoms with Crippen LogP contribution in [0.5, 0.6) is 0 Å². The Bertz CT molecular complexity index is 736. The number of hydrogen-bond acceptors (Lipinski definition) is 3. The first-order valence-corrected chi connectivity index (χ1v) is 9.50. The minimum atomic E-state index is -0.593. The zero-order valence-electron chi connectivity index (χ0n) is 16.0. The molecule has 2 fully saturated rings. The largest absolute Gasteiger partial charge is 0.337 e. The van der Waals surface area contributed by atoms with E-state index in [1.165, 1.54) is 24.3 Å². The van der Waals surface area contributed by atoms with Crippen molar-refractivity contribution in [2.45, 2.75) is 45.8 Å². The molecule has 0 aliphatic carbocycles. The molecule has 2 heterocycles. The van der Waals surface area contributed by atoms with E-state index in [4.69, 9.17) is 0 Å². The van der Waals surface area contributed by atoms with Gasteiger partial charge in [-0.1, -0.05) is 20.3 Å². The highest BCUT2D eigenvalue weighted by molar-refractivity contribution is 5.96. The van der Waals surface area contributed by atoms with Crippen molar-refractivity contribution in [1.29, 1.82) is 0 Å². The molecule has 2 aliphatic heterocycles. The number of piperazine rings is 1. The van der Waals surface area contributed by atoms with Gasteiger partial charge in [-0.2, -0.15) is 0 Å². The van der Waals surface area contributed by atoms with E-state index < -0.39 is 18.0 Å². The molecule has 27 heavy (non-hydrogen) atoms. The zero-order chi connectivity index (χ0) is 19.7. The summed E-state index contributed by atoms with van der Waals surface area (Å²) in [6.07, 6.45) is 0.649. The summed E-state index contributed by atoms with van der Waals surface area (Å²) in [5, 5.41) is 0. The van der Waals surface area contributed by atoms with Gasteiger partial charge in [0.05, 0.1) is 6.54 Å². The highest BCUT2D eigenvalue weighted by Gasteiger charge is 2.47. The lowest BCUT2D eigenvalue weighted by Gasteiger charge is -2.51. The molecule has 0 aromatic heterocycles. The fourth-order valence-corrected chi connectivity index (χ4v) is 3.81. The molecule has 2 aliphatic rings. The van der Waals surface area contributed by atoms with Crippen LogP contribution in [-0.4, -0.2) is 64.3 Å². The van der Waals surface area contributed by atoms with Gasteiger partial charge in [0.25, 0.3) is 5.91 Å². The molecule has 0 N–H and O–H groups in total. The average molecular weight is 375 g/mol. The normalized spacial score (nSPS) is 24.1. The molecule has 146 valence electrons. The van der Waals surface area contributed by atoms with Gasteiger partial charge in [-0.25, -0.2) is 4.39 Å². The Morgan fingerprint density at radius 1 is 1.26 bits per heavy atom. The molecule has 0 saturated carbocycles. The van der Waals surface area contributed by atoms with E-state index in [1.54, 1.807) is 21.6 Å². The van der Waals surface area contributed by atoms with Crippen molar-refractivity contribution in [3.63, 3.8) is 0 Å². The Morgan fingerprint density at radius 3 is 2.56 bits per heavy atom. The Hall–Kier alpha value is -2.44. The van der Waals surface area contributed by atoms with Crippen molar-refractivity contribution >= 4 is 17.7 Å². The molecular formula is C20H26FN3O3. The molecular weight excluding hydrogens is 349 g/mol. The maximum atomic E-state index is 13.2. The van der Waals surface area contributed by atoms with Gasteiger partial charge >= 0.3 is 0 Å². The van der Waals surface area contributed by atoms with Gasteiger partial charge in [-0.3, -0.25) is 14.4 Å². The molecule has 3 atom stereocenters. The summed E-state index contributed by atoms with van der Waals surface area (Å²) in [6, 6.07) is 4.81. The molecule has 0 radical (unpaired) electrons. The number of carbonyl (C=O) groups excluding carboxylic acids is 3. The summed E-state index contributed by atoms with van der Waals surface area (Å²) in [4.78, 5) is 43.2. The number of carbonyl (C=O) groups is 3. The summed E-state index contributed by atoms with van der Waals surface area (Å²) >= 11 is 0. The third-order valence-electron chi connectivity index (χ3n) is 5.59. The number of hydrogen-bond donors (Lipinski definition) is 0. The number of halogens is 1. The van der Waals surface area contributed by atoms with Gasteiger partial charge < -0.3 is 14.7 Å². The second-order valence-corrected chi connectivity index (χ2v) is 7.47. The smallest absolute Gasteiger partial charge is 0.255 e. The number of nitrogens with zero attached hydrogens (tertiary/aromatic N) is 3. The molecule has 2 saturated heterocycles. The monoisotopic (exact) mass is 375 g/mol. The van der Waals surface area contributed by atoms with Crippen LogP contribution in [0.2, 0.25) is 0 Å². The van der Waals surface area contributed by atoms with Crippen LogP contribution < -0.4 is 0 Å². The van der Waals surface area contributed by atoms with Crippen molar-refractivity contribution in [1.82, 2.24) is 14.7 Å². The van der Waals surface area contributed by atoms with E-state index in [2.05, 4.69) is 13.8 Å². The van der Waals surface area contributed by atoms with Gasteiger partial charge in [0.2, 0.25) is 11.8 Å². The SMILES string of the molecule is CCC(C)CN1CC2N(C(=O)c3ccc(F)cc3)CCC(=O)N2C(C)C1=O. The van der Waals surface area contributed by atoms with Crippen molar-refractivity contribution in [3.8, 4) is 0 Å². The summed E-state index contributed by atoms with van der Waals surface area (Å²) in [6.45, 7) is 7.10. The first kappa shape index (κ1) is 19.3. The van der Waals surface area contributed by atoms with E-state index in [-0.39, 0.29) is 24.1 Å². The third-order valence-corrected chi connectivity index (χ3v) is 5.59. The molecule has 3 amide bonds. The van der Waals surface area contributed by atoms with Crippen molar-refractivity contribution < 1.29 is 18.8 Å². The van der Waals surface area contributed by atoms with Crippen LogP contribution in [0.15, 0.2) is 24.3 Å². The van der Waals surface area contributed by atoms with Crippen molar-refractivity contribution in [3.05, 3.63) is 35.6 Å². The van der Waals surface area contributed by atoms with E-state index >= 15 is 0 Å². The molecule has 3 unspecified atom stereocenters.